The lowest BCUT2D eigenvalue weighted by Crippen LogP contribution is -2.34. The molecule has 0 aliphatic heterocycles. The first-order valence-corrected chi connectivity index (χ1v) is 9.93. The molecule has 3 rings (SSSR count). The van der Waals surface area contributed by atoms with E-state index in [0.29, 0.717) is 19.4 Å². The number of hydrogen-bond donors (Lipinski definition) is 0. The quantitative estimate of drug-likeness (QED) is 0.412. The first-order chi connectivity index (χ1) is 13.2. The average Bonchev–Trinajstić information content (AvgIpc) is 2.71. The van der Waals surface area contributed by atoms with Crippen LogP contribution in [0, 0.1) is 0 Å². The van der Waals surface area contributed by atoms with Crippen LogP contribution in [0.3, 0.4) is 0 Å². The Balaban J connectivity index is 1.75. The summed E-state index contributed by atoms with van der Waals surface area (Å²) in [5, 5.41) is 2.06. The Bertz CT molecular complexity index is 910. The number of rotatable bonds is 8. The lowest BCUT2D eigenvalue weighted by molar-refractivity contribution is -0.130. The van der Waals surface area contributed by atoms with Crippen LogP contribution in [0.15, 0.2) is 77.7 Å². The molecule has 0 spiro atoms. The van der Waals surface area contributed by atoms with Gasteiger partial charge in [0, 0.05) is 24.9 Å². The van der Waals surface area contributed by atoms with Crippen LogP contribution in [0.2, 0.25) is 0 Å². The smallest absolute Gasteiger partial charge is 0.236 e. The summed E-state index contributed by atoms with van der Waals surface area (Å²) in [5.74, 6) is 0.0545. The van der Waals surface area contributed by atoms with Gasteiger partial charge < -0.3 is 9.69 Å². The Labute approximate surface area is 164 Å². The molecule has 3 nitrogen and oxygen atoms in total. The predicted molar refractivity (Wildman–Crippen MR) is 112 cm³/mol. The summed E-state index contributed by atoms with van der Waals surface area (Å²) >= 11 is 1.54. The van der Waals surface area contributed by atoms with E-state index in [1.54, 1.807) is 16.7 Å². The number of fused-ring (bicyclic) bond motifs is 1. The zero-order chi connectivity index (χ0) is 19.1. The van der Waals surface area contributed by atoms with Crippen LogP contribution >= 0.6 is 11.8 Å². The molecule has 0 aromatic heterocycles. The molecule has 0 heterocycles. The van der Waals surface area contributed by atoms with Gasteiger partial charge in [-0.1, -0.05) is 60.7 Å². The predicted octanol–water partition coefficient (Wildman–Crippen LogP) is 4.94. The van der Waals surface area contributed by atoms with E-state index in [4.69, 9.17) is 0 Å². The molecule has 3 aromatic carbocycles. The lowest BCUT2D eigenvalue weighted by atomic mass is 10.1. The van der Waals surface area contributed by atoms with Crippen molar-refractivity contribution in [2.24, 2.45) is 0 Å². The van der Waals surface area contributed by atoms with Crippen molar-refractivity contribution < 1.29 is 9.59 Å². The van der Waals surface area contributed by atoms with Gasteiger partial charge in [0.1, 0.15) is 6.29 Å². The van der Waals surface area contributed by atoms with Crippen molar-refractivity contribution in [2.45, 2.75) is 29.5 Å². The second kappa shape index (κ2) is 9.38. The van der Waals surface area contributed by atoms with Gasteiger partial charge in [0.15, 0.2) is 0 Å². The number of carbonyl (C=O) groups is 2. The van der Waals surface area contributed by atoms with E-state index in [2.05, 4.69) is 24.3 Å². The van der Waals surface area contributed by atoms with Crippen LogP contribution in [0.1, 0.15) is 18.4 Å². The molecular formula is C23H23NO2S. The molecule has 0 saturated carbocycles. The van der Waals surface area contributed by atoms with Gasteiger partial charge in [-0.25, -0.2) is 0 Å². The van der Waals surface area contributed by atoms with E-state index in [1.807, 2.05) is 55.6 Å². The number of thioether (sulfide) groups is 1. The molecule has 3 aromatic rings. The number of nitrogens with zero attached hydrogens (tertiary/aromatic N) is 1. The first kappa shape index (κ1) is 19.2. The maximum absolute atomic E-state index is 13.0. The molecule has 0 N–H and O–H groups in total. The molecule has 138 valence electrons. The highest BCUT2D eigenvalue weighted by Crippen LogP contribution is 2.30. The maximum Gasteiger partial charge on any atom is 0.236 e. The summed E-state index contributed by atoms with van der Waals surface area (Å²) in [5.41, 5.74) is 1.10. The molecule has 0 radical (unpaired) electrons. The summed E-state index contributed by atoms with van der Waals surface area (Å²) in [6.45, 7) is 0.565. The molecule has 4 heteroatoms. The Morgan fingerprint density at radius 1 is 1.00 bits per heavy atom. The van der Waals surface area contributed by atoms with Crippen molar-refractivity contribution in [2.75, 3.05) is 7.05 Å². The zero-order valence-electron chi connectivity index (χ0n) is 15.4. The molecular weight excluding hydrogens is 354 g/mol. The standard InChI is InChI=1S/C23H23NO2S/c1-24(17-18-8-3-2-4-9-18)23(26)22(12-7-15-25)27-21-14-13-19-10-5-6-11-20(19)16-21/h2-6,8-11,13-16,22H,7,12,17H2,1H3. The molecule has 0 aliphatic rings. The third kappa shape index (κ3) is 5.20. The van der Waals surface area contributed by atoms with Crippen molar-refractivity contribution in [3.8, 4) is 0 Å². The lowest BCUT2D eigenvalue weighted by Gasteiger charge is -2.23. The van der Waals surface area contributed by atoms with E-state index in [1.165, 1.54) is 5.39 Å². The number of carbonyl (C=O) groups excluding carboxylic acids is 2. The summed E-state index contributed by atoms with van der Waals surface area (Å²) < 4.78 is 0. The highest BCUT2D eigenvalue weighted by molar-refractivity contribution is 8.00. The summed E-state index contributed by atoms with van der Waals surface area (Å²) in [6, 6.07) is 24.4. The topological polar surface area (TPSA) is 37.4 Å². The number of amides is 1. The second-order valence-corrected chi connectivity index (χ2v) is 7.82. The van der Waals surface area contributed by atoms with Gasteiger partial charge in [-0.05, 0) is 34.9 Å². The zero-order valence-corrected chi connectivity index (χ0v) is 16.2. The number of hydrogen-bond acceptors (Lipinski definition) is 3. The van der Waals surface area contributed by atoms with E-state index < -0.39 is 0 Å². The van der Waals surface area contributed by atoms with Crippen molar-refractivity contribution in [1.29, 1.82) is 0 Å². The van der Waals surface area contributed by atoms with Crippen LogP contribution in [-0.4, -0.2) is 29.4 Å². The Hall–Kier alpha value is -2.59. The minimum absolute atomic E-state index is 0.0545. The fraction of sp³-hybridized carbons (Fsp3) is 0.217. The van der Waals surface area contributed by atoms with E-state index in [0.717, 1.165) is 22.1 Å². The van der Waals surface area contributed by atoms with Crippen LogP contribution in [-0.2, 0) is 16.1 Å². The SMILES string of the molecule is CN(Cc1ccccc1)C(=O)C(CCC=O)Sc1ccc2ccccc2c1. The highest BCUT2D eigenvalue weighted by atomic mass is 32.2. The first-order valence-electron chi connectivity index (χ1n) is 9.05. The maximum atomic E-state index is 13.0. The van der Waals surface area contributed by atoms with Crippen LogP contribution in [0.5, 0.6) is 0 Å². The van der Waals surface area contributed by atoms with Gasteiger partial charge in [0.05, 0.1) is 5.25 Å². The molecule has 0 saturated heterocycles. The Kier molecular flexibility index (Phi) is 6.66. The van der Waals surface area contributed by atoms with Crippen LogP contribution in [0.25, 0.3) is 10.8 Å². The van der Waals surface area contributed by atoms with Crippen molar-refractivity contribution in [1.82, 2.24) is 4.90 Å². The second-order valence-electron chi connectivity index (χ2n) is 6.54. The molecule has 1 amide bonds. The van der Waals surface area contributed by atoms with Crippen molar-refractivity contribution in [3.63, 3.8) is 0 Å². The van der Waals surface area contributed by atoms with Gasteiger partial charge in [-0.3, -0.25) is 4.79 Å². The fourth-order valence-corrected chi connectivity index (χ4v) is 4.24. The minimum Gasteiger partial charge on any atom is -0.340 e. The fourth-order valence-electron chi connectivity index (χ4n) is 3.04. The molecule has 27 heavy (non-hydrogen) atoms. The summed E-state index contributed by atoms with van der Waals surface area (Å²) in [4.78, 5) is 26.7. The van der Waals surface area contributed by atoms with Gasteiger partial charge in [-0.15, -0.1) is 11.8 Å². The van der Waals surface area contributed by atoms with Gasteiger partial charge >= 0.3 is 0 Å². The van der Waals surface area contributed by atoms with Crippen LogP contribution < -0.4 is 0 Å². The Morgan fingerprint density at radius 3 is 2.44 bits per heavy atom. The molecule has 0 bridgehead atoms. The summed E-state index contributed by atoms with van der Waals surface area (Å²) in [6.07, 6.45) is 1.81. The van der Waals surface area contributed by atoms with Crippen molar-refractivity contribution >= 4 is 34.7 Å². The van der Waals surface area contributed by atoms with E-state index in [9.17, 15) is 9.59 Å². The molecule has 0 aliphatic carbocycles. The average molecular weight is 378 g/mol. The molecule has 0 fully saturated rings. The monoisotopic (exact) mass is 377 g/mol. The number of aldehydes is 1. The van der Waals surface area contributed by atoms with E-state index in [-0.39, 0.29) is 11.2 Å². The van der Waals surface area contributed by atoms with Crippen molar-refractivity contribution in [3.05, 3.63) is 78.4 Å². The largest absolute Gasteiger partial charge is 0.340 e. The normalized spacial score (nSPS) is 11.9. The number of benzene rings is 3. The van der Waals surface area contributed by atoms with E-state index >= 15 is 0 Å². The molecule has 1 unspecified atom stereocenters. The van der Waals surface area contributed by atoms with Gasteiger partial charge in [-0.2, -0.15) is 0 Å². The third-order valence-corrected chi connectivity index (χ3v) is 5.71. The van der Waals surface area contributed by atoms with Crippen LogP contribution in [0.4, 0.5) is 0 Å². The molecule has 1 atom stereocenters. The third-order valence-electron chi connectivity index (χ3n) is 4.46. The Morgan fingerprint density at radius 2 is 1.70 bits per heavy atom. The van der Waals surface area contributed by atoms with Gasteiger partial charge in [0.2, 0.25) is 5.91 Å². The highest BCUT2D eigenvalue weighted by Gasteiger charge is 2.23. The summed E-state index contributed by atoms with van der Waals surface area (Å²) in [7, 11) is 1.82. The minimum atomic E-state index is -0.273. The van der Waals surface area contributed by atoms with Gasteiger partial charge in [0.25, 0.3) is 0 Å².